The zero-order chi connectivity index (χ0) is 23.6. The molecule has 0 spiro atoms. The Balaban J connectivity index is 1.70. The molecule has 5 rings (SSSR count). The van der Waals surface area contributed by atoms with Gasteiger partial charge in [-0.1, -0.05) is 17.7 Å². The summed E-state index contributed by atoms with van der Waals surface area (Å²) < 4.78 is 39.7. The summed E-state index contributed by atoms with van der Waals surface area (Å²) in [5.74, 6) is -3.96. The first-order valence-corrected chi connectivity index (χ1v) is 10.8. The maximum absolute atomic E-state index is 14.6. The summed E-state index contributed by atoms with van der Waals surface area (Å²) in [6.07, 6.45) is 1.36. The first-order chi connectivity index (χ1) is 15.8. The van der Waals surface area contributed by atoms with Gasteiger partial charge in [-0.2, -0.15) is 5.26 Å². The average molecular weight is 476 g/mol. The fourth-order valence-corrected chi connectivity index (χ4v) is 3.72. The number of carbonyl (C=O) groups excluding carboxylic acids is 2. The number of hydrogen-bond donors (Lipinski definition) is 2. The van der Waals surface area contributed by atoms with Gasteiger partial charge in [0.2, 0.25) is 5.91 Å². The lowest BCUT2D eigenvalue weighted by Gasteiger charge is -2.21. The van der Waals surface area contributed by atoms with Crippen molar-refractivity contribution in [2.75, 3.05) is 13.2 Å². The maximum Gasteiger partial charge on any atom is 0.258 e. The van der Waals surface area contributed by atoms with Crippen molar-refractivity contribution in [1.29, 1.82) is 5.26 Å². The van der Waals surface area contributed by atoms with E-state index in [0.29, 0.717) is 35.6 Å². The lowest BCUT2D eigenvalue weighted by molar-refractivity contribution is -0.123. The van der Waals surface area contributed by atoms with Gasteiger partial charge in [0.15, 0.2) is 11.6 Å². The van der Waals surface area contributed by atoms with E-state index >= 15 is 0 Å². The fourth-order valence-electron chi connectivity index (χ4n) is 3.46. The molecule has 1 atom stereocenters. The van der Waals surface area contributed by atoms with E-state index in [1.165, 1.54) is 0 Å². The first-order valence-electron chi connectivity index (χ1n) is 10.4. The quantitative estimate of drug-likeness (QED) is 0.694. The maximum atomic E-state index is 14.6. The van der Waals surface area contributed by atoms with Gasteiger partial charge in [0.25, 0.3) is 5.91 Å². The molecule has 2 aliphatic heterocycles. The third-order valence-corrected chi connectivity index (χ3v) is 5.77. The van der Waals surface area contributed by atoms with Crippen LogP contribution in [0.5, 0.6) is 11.5 Å². The topological polar surface area (TPSA) is 100 Å². The molecule has 1 saturated carbocycles. The second kappa shape index (κ2) is 9.24. The Bertz CT molecular complexity index is 1150. The van der Waals surface area contributed by atoms with Gasteiger partial charge < -0.3 is 20.1 Å². The zero-order valence-corrected chi connectivity index (χ0v) is 18.2. The molecule has 1 fully saturated rings. The molecule has 7 nitrogen and oxygen atoms in total. The lowest BCUT2D eigenvalue weighted by Crippen LogP contribution is -2.51. The Labute approximate surface area is 193 Å². The van der Waals surface area contributed by atoms with Gasteiger partial charge >= 0.3 is 0 Å². The van der Waals surface area contributed by atoms with E-state index < -0.39 is 40.6 Å². The van der Waals surface area contributed by atoms with Gasteiger partial charge in [-0.25, -0.2) is 8.78 Å². The summed E-state index contributed by atoms with van der Waals surface area (Å²) in [5, 5.41) is 14.7. The molecule has 2 N–H and O–H groups in total. The normalized spacial score (nSPS) is 19.5. The molecule has 10 heteroatoms. The summed E-state index contributed by atoms with van der Waals surface area (Å²) >= 11 is 6.29. The van der Waals surface area contributed by atoms with Crippen LogP contribution in [-0.4, -0.2) is 36.6 Å². The van der Waals surface area contributed by atoms with Crippen LogP contribution in [0, 0.1) is 23.0 Å². The highest BCUT2D eigenvalue weighted by atomic mass is 35.5. The number of nitrogens with zero attached hydrogens (tertiary/aromatic N) is 1. The molecule has 2 aromatic rings. The van der Waals surface area contributed by atoms with Crippen LogP contribution in [0.2, 0.25) is 5.02 Å². The number of nitriles is 1. The Morgan fingerprint density at radius 1 is 1.18 bits per heavy atom. The summed E-state index contributed by atoms with van der Waals surface area (Å²) in [6.45, 7) is 0.307. The van der Waals surface area contributed by atoms with E-state index in [1.54, 1.807) is 18.2 Å². The van der Waals surface area contributed by atoms with Gasteiger partial charge in [-0.15, -0.1) is 0 Å². The molecule has 2 bridgehead atoms. The minimum Gasteiger partial charge on any atom is -0.493 e. The second-order valence-corrected chi connectivity index (χ2v) is 8.37. The van der Waals surface area contributed by atoms with E-state index in [-0.39, 0.29) is 25.4 Å². The Kier molecular flexibility index (Phi) is 6.38. The van der Waals surface area contributed by atoms with Crippen LogP contribution >= 0.6 is 11.6 Å². The highest BCUT2D eigenvalue weighted by Crippen LogP contribution is 2.34. The fraction of sp³-hybridized carbons (Fsp3) is 0.348. The molecule has 2 aromatic carbocycles. The highest BCUT2D eigenvalue weighted by molar-refractivity contribution is 6.32. The highest BCUT2D eigenvalue weighted by Gasteiger charge is 2.45. The monoisotopic (exact) mass is 475 g/mol. The molecule has 0 aromatic heterocycles. The van der Waals surface area contributed by atoms with E-state index in [9.17, 15) is 23.6 Å². The van der Waals surface area contributed by atoms with Crippen molar-refractivity contribution in [2.45, 2.75) is 37.3 Å². The number of amides is 2. The third kappa shape index (κ3) is 5.01. The van der Waals surface area contributed by atoms with Gasteiger partial charge in [0.05, 0.1) is 24.3 Å². The van der Waals surface area contributed by atoms with Gasteiger partial charge in [0.1, 0.15) is 28.6 Å². The number of ether oxygens (including phenoxy) is 2. The molecular formula is C23H20ClF2N3O4. The SMILES string of the molecule is N#CC1(NC(=O)[C@@H]2Cc3ccc(c(Cl)c3)OCCCOc3ccc(F)c(F)c3C(=O)N2)CC1. The second-order valence-electron chi connectivity index (χ2n) is 7.96. The van der Waals surface area contributed by atoms with Crippen LogP contribution in [0.4, 0.5) is 8.78 Å². The number of nitrogens with one attached hydrogen (secondary N) is 2. The number of hydrogen-bond acceptors (Lipinski definition) is 5. The van der Waals surface area contributed by atoms with Gasteiger partial charge in [-0.3, -0.25) is 9.59 Å². The van der Waals surface area contributed by atoms with E-state index in [0.717, 1.165) is 12.1 Å². The van der Waals surface area contributed by atoms with Crippen molar-refractivity contribution in [3.8, 4) is 17.6 Å². The van der Waals surface area contributed by atoms with Crippen molar-refractivity contribution in [1.82, 2.24) is 10.6 Å². The number of benzene rings is 2. The van der Waals surface area contributed by atoms with Crippen LogP contribution < -0.4 is 20.1 Å². The largest absolute Gasteiger partial charge is 0.493 e. The summed E-state index contributed by atoms with van der Waals surface area (Å²) in [7, 11) is 0. The average Bonchev–Trinajstić information content (AvgIpc) is 3.56. The van der Waals surface area contributed by atoms with E-state index in [2.05, 4.69) is 10.6 Å². The molecular weight excluding hydrogens is 456 g/mol. The van der Waals surface area contributed by atoms with Crippen LogP contribution in [0.15, 0.2) is 30.3 Å². The summed E-state index contributed by atoms with van der Waals surface area (Å²) in [4.78, 5) is 26.0. The zero-order valence-electron chi connectivity index (χ0n) is 17.4. The molecule has 0 saturated heterocycles. The Morgan fingerprint density at radius 3 is 2.55 bits per heavy atom. The van der Waals surface area contributed by atoms with Crippen molar-refractivity contribution in [2.24, 2.45) is 0 Å². The number of carbonyl (C=O) groups is 2. The predicted molar refractivity (Wildman–Crippen MR) is 114 cm³/mol. The minimum absolute atomic E-state index is 0.00773. The molecule has 1 aliphatic carbocycles. The Hall–Kier alpha value is -3.38. The van der Waals surface area contributed by atoms with Crippen LogP contribution in [0.25, 0.3) is 0 Å². The molecule has 172 valence electrons. The molecule has 0 radical (unpaired) electrons. The number of halogens is 3. The van der Waals surface area contributed by atoms with Crippen LogP contribution in [0.3, 0.4) is 0 Å². The first kappa shape index (κ1) is 22.8. The van der Waals surface area contributed by atoms with Crippen molar-refractivity contribution >= 4 is 23.4 Å². The van der Waals surface area contributed by atoms with Crippen molar-refractivity contribution in [3.63, 3.8) is 0 Å². The van der Waals surface area contributed by atoms with Crippen molar-refractivity contribution in [3.05, 3.63) is 58.1 Å². The number of rotatable bonds is 2. The molecule has 0 unspecified atom stereocenters. The molecule has 2 heterocycles. The smallest absolute Gasteiger partial charge is 0.258 e. The predicted octanol–water partition coefficient (Wildman–Crippen LogP) is 3.29. The summed E-state index contributed by atoms with van der Waals surface area (Å²) in [5.41, 5.74) is -1.02. The van der Waals surface area contributed by atoms with Gasteiger partial charge in [0, 0.05) is 12.8 Å². The van der Waals surface area contributed by atoms with E-state index in [4.69, 9.17) is 21.1 Å². The third-order valence-electron chi connectivity index (χ3n) is 5.47. The van der Waals surface area contributed by atoms with Crippen molar-refractivity contribution < 1.29 is 27.8 Å². The lowest BCUT2D eigenvalue weighted by atomic mass is 10.0. The van der Waals surface area contributed by atoms with Crippen LogP contribution in [0.1, 0.15) is 35.2 Å². The Morgan fingerprint density at radius 2 is 1.88 bits per heavy atom. The van der Waals surface area contributed by atoms with E-state index in [1.807, 2.05) is 6.07 Å². The summed E-state index contributed by atoms with van der Waals surface area (Å²) in [6, 6.07) is 7.82. The standard InChI is InChI=1S/C23H20ClF2N3O4/c24-14-10-13-2-4-17(14)32-8-1-9-33-18-5-3-15(25)20(26)19(18)22(31)28-16(11-13)21(30)29-23(12-27)6-7-23/h2-5,10,16H,1,6-9,11H2,(H,28,31)(H,29,30)/t16-/m0/s1. The minimum atomic E-state index is -1.38. The molecule has 2 amide bonds. The van der Waals surface area contributed by atoms with Crippen LogP contribution in [-0.2, 0) is 11.2 Å². The van der Waals surface area contributed by atoms with Gasteiger partial charge in [-0.05, 0) is 42.7 Å². The molecule has 3 aliphatic rings. The number of fused-ring (bicyclic) bond motifs is 9. The molecule has 33 heavy (non-hydrogen) atoms.